The zero-order valence-electron chi connectivity index (χ0n) is 7.66. The highest BCUT2D eigenvalue weighted by Gasteiger charge is 1.87. The molecule has 0 amide bonds. The van der Waals surface area contributed by atoms with E-state index in [0.717, 1.165) is 0 Å². The second-order valence-corrected chi connectivity index (χ2v) is 4.83. The maximum atomic E-state index is 2.41. The Morgan fingerprint density at radius 1 is 0.900 bits per heavy atom. The van der Waals surface area contributed by atoms with E-state index in [2.05, 4.69) is 13.5 Å². The van der Waals surface area contributed by atoms with Crippen molar-refractivity contribution in [3.05, 3.63) is 0 Å². The number of unbranched alkanes of at least 4 members (excludes halogenated alkanes) is 5. The van der Waals surface area contributed by atoms with Crippen LogP contribution in [0.5, 0.6) is 0 Å². The third kappa shape index (κ3) is 8.22. The summed E-state index contributed by atoms with van der Waals surface area (Å²) in [7, 11) is 0.375. The molecule has 0 rings (SSSR count). The van der Waals surface area contributed by atoms with Gasteiger partial charge in [-0.15, -0.1) is 0 Å². The highest BCUT2D eigenvalue weighted by molar-refractivity contribution is 6.33. The Balaban J connectivity index is 2.65. The molecule has 0 unspecified atom stereocenters. The molecule has 0 aromatic carbocycles. The first-order valence-corrected chi connectivity index (χ1v) is 7.33. The fourth-order valence-electron chi connectivity index (χ4n) is 1.21. The van der Waals surface area contributed by atoms with Crippen molar-refractivity contribution in [2.45, 2.75) is 58.0 Å². The van der Waals surface area contributed by atoms with E-state index < -0.39 is 0 Å². The van der Waals surface area contributed by atoms with Gasteiger partial charge in [0.2, 0.25) is 0 Å². The van der Waals surface area contributed by atoms with Gasteiger partial charge in [0.25, 0.3) is 0 Å². The van der Waals surface area contributed by atoms with Crippen molar-refractivity contribution >= 4 is 9.52 Å². The predicted octanol–water partition coefficient (Wildman–Crippen LogP) is 2.98. The smallest absolute Gasteiger partial charge is 0.0166 e. The monoisotopic (exact) mass is 158 g/mol. The van der Waals surface area contributed by atoms with E-state index in [-0.39, 0.29) is 0 Å². The van der Waals surface area contributed by atoms with Gasteiger partial charge in [-0.1, -0.05) is 58.0 Å². The molecule has 0 saturated heterocycles. The molecule has 0 aromatic heterocycles. The lowest BCUT2D eigenvalue weighted by molar-refractivity contribution is 0.624. The highest BCUT2D eigenvalue weighted by Crippen LogP contribution is 2.06. The van der Waals surface area contributed by atoms with Crippen molar-refractivity contribution in [1.82, 2.24) is 0 Å². The van der Waals surface area contributed by atoms with E-state index in [9.17, 15) is 0 Å². The SMILES string of the molecule is CCCCCCCC[SiH2]C. The maximum absolute atomic E-state index is 2.41. The van der Waals surface area contributed by atoms with Crippen LogP contribution in [0.3, 0.4) is 0 Å². The standard InChI is InChI=1S/C9H22Si/c1-3-4-5-6-7-8-9-10-2/h3-10H2,1-2H3. The molecule has 0 aliphatic carbocycles. The molecule has 0 atom stereocenters. The molecule has 0 nitrogen and oxygen atoms in total. The van der Waals surface area contributed by atoms with Crippen LogP contribution in [0.1, 0.15) is 45.4 Å². The molecule has 0 radical (unpaired) electrons. The largest absolute Gasteiger partial charge is 0.0748 e. The minimum atomic E-state index is 0.375. The zero-order chi connectivity index (χ0) is 7.66. The quantitative estimate of drug-likeness (QED) is 0.395. The molecule has 0 fully saturated rings. The van der Waals surface area contributed by atoms with Crippen LogP contribution < -0.4 is 0 Å². The molecule has 0 aliphatic rings. The molecular weight excluding hydrogens is 136 g/mol. The van der Waals surface area contributed by atoms with Crippen molar-refractivity contribution in [3.8, 4) is 0 Å². The lowest BCUT2D eigenvalue weighted by atomic mass is 10.1. The topological polar surface area (TPSA) is 0 Å². The molecule has 0 bridgehead atoms. The van der Waals surface area contributed by atoms with Crippen molar-refractivity contribution < 1.29 is 0 Å². The first-order chi connectivity index (χ1) is 4.91. The summed E-state index contributed by atoms with van der Waals surface area (Å²) < 4.78 is 0. The summed E-state index contributed by atoms with van der Waals surface area (Å²) in [6, 6.07) is 1.58. The molecule has 0 saturated carbocycles. The Kier molecular flexibility index (Phi) is 9.42. The fraction of sp³-hybridized carbons (Fsp3) is 1.00. The Morgan fingerprint density at radius 3 is 2.10 bits per heavy atom. The van der Waals surface area contributed by atoms with Crippen LogP contribution in [-0.4, -0.2) is 9.52 Å². The molecule has 0 N–H and O–H groups in total. The van der Waals surface area contributed by atoms with Crippen molar-refractivity contribution in [2.24, 2.45) is 0 Å². The summed E-state index contributed by atoms with van der Waals surface area (Å²) in [6.45, 7) is 4.69. The van der Waals surface area contributed by atoms with Crippen LogP contribution in [0.15, 0.2) is 0 Å². The summed E-state index contributed by atoms with van der Waals surface area (Å²) in [5.41, 5.74) is 0. The van der Waals surface area contributed by atoms with E-state index in [1.165, 1.54) is 38.5 Å². The van der Waals surface area contributed by atoms with Crippen LogP contribution in [-0.2, 0) is 0 Å². The lowest BCUT2D eigenvalue weighted by Crippen LogP contribution is -1.82. The van der Waals surface area contributed by atoms with Gasteiger partial charge in [-0.2, -0.15) is 0 Å². The van der Waals surface area contributed by atoms with Crippen molar-refractivity contribution in [1.29, 1.82) is 0 Å². The van der Waals surface area contributed by atoms with Crippen LogP contribution in [0.2, 0.25) is 12.6 Å². The van der Waals surface area contributed by atoms with Gasteiger partial charge in [-0.25, -0.2) is 0 Å². The highest BCUT2D eigenvalue weighted by atomic mass is 28.2. The van der Waals surface area contributed by atoms with Gasteiger partial charge < -0.3 is 0 Å². The van der Waals surface area contributed by atoms with E-state index >= 15 is 0 Å². The Morgan fingerprint density at radius 2 is 1.50 bits per heavy atom. The van der Waals surface area contributed by atoms with Crippen LogP contribution >= 0.6 is 0 Å². The summed E-state index contributed by atoms with van der Waals surface area (Å²) >= 11 is 0. The van der Waals surface area contributed by atoms with Crippen LogP contribution in [0, 0.1) is 0 Å². The third-order valence-corrected chi connectivity index (χ3v) is 3.16. The summed E-state index contributed by atoms with van der Waals surface area (Å²) in [6.07, 6.45) is 8.81. The van der Waals surface area contributed by atoms with E-state index in [4.69, 9.17) is 0 Å². The van der Waals surface area contributed by atoms with Crippen molar-refractivity contribution in [2.75, 3.05) is 0 Å². The third-order valence-electron chi connectivity index (χ3n) is 1.96. The van der Waals surface area contributed by atoms with E-state index in [1.807, 2.05) is 0 Å². The number of hydrogen-bond acceptors (Lipinski definition) is 0. The van der Waals surface area contributed by atoms with E-state index in [1.54, 1.807) is 6.04 Å². The summed E-state index contributed by atoms with van der Waals surface area (Å²) in [4.78, 5) is 0. The second-order valence-electron chi connectivity index (χ2n) is 3.12. The predicted molar refractivity (Wildman–Crippen MR) is 52.6 cm³/mol. The van der Waals surface area contributed by atoms with Crippen LogP contribution in [0.4, 0.5) is 0 Å². The number of rotatable bonds is 7. The van der Waals surface area contributed by atoms with Gasteiger partial charge >= 0.3 is 0 Å². The molecule has 0 aromatic rings. The molecule has 10 heavy (non-hydrogen) atoms. The van der Waals surface area contributed by atoms with Crippen LogP contribution in [0.25, 0.3) is 0 Å². The molecule has 1 heteroatoms. The van der Waals surface area contributed by atoms with Gasteiger partial charge in [0.05, 0.1) is 0 Å². The lowest BCUT2D eigenvalue weighted by Gasteiger charge is -1.97. The number of hydrogen-bond donors (Lipinski definition) is 0. The van der Waals surface area contributed by atoms with Gasteiger partial charge in [0.1, 0.15) is 0 Å². The Hall–Kier alpha value is 0.217. The minimum absolute atomic E-state index is 0.375. The molecular formula is C9H22Si. The van der Waals surface area contributed by atoms with Gasteiger partial charge in [0, 0.05) is 9.52 Å². The van der Waals surface area contributed by atoms with Crippen molar-refractivity contribution in [3.63, 3.8) is 0 Å². The Labute approximate surface area is 68.2 Å². The fourth-order valence-corrected chi connectivity index (χ4v) is 2.06. The molecule has 0 heterocycles. The first-order valence-electron chi connectivity index (χ1n) is 4.91. The Bertz CT molecular complexity index is 44.7. The summed E-state index contributed by atoms with van der Waals surface area (Å²) in [5, 5.41) is 0. The summed E-state index contributed by atoms with van der Waals surface area (Å²) in [5.74, 6) is 0. The average Bonchev–Trinajstić information content (AvgIpc) is 1.97. The van der Waals surface area contributed by atoms with Gasteiger partial charge in [-0.05, 0) is 0 Å². The maximum Gasteiger partial charge on any atom is 0.0166 e. The minimum Gasteiger partial charge on any atom is -0.0748 e. The normalized spacial score (nSPS) is 11.4. The average molecular weight is 158 g/mol. The molecule has 0 spiro atoms. The van der Waals surface area contributed by atoms with E-state index in [0.29, 0.717) is 9.52 Å². The molecule has 62 valence electrons. The first kappa shape index (κ1) is 10.2. The second kappa shape index (κ2) is 9.22. The van der Waals surface area contributed by atoms with Gasteiger partial charge in [-0.3, -0.25) is 0 Å². The molecule has 0 aliphatic heterocycles. The van der Waals surface area contributed by atoms with Gasteiger partial charge in [0.15, 0.2) is 0 Å². The zero-order valence-corrected chi connectivity index (χ0v) is 9.07.